The Morgan fingerprint density at radius 2 is 1.65 bits per heavy atom. The zero-order valence-corrected chi connectivity index (χ0v) is 13.1. The molecule has 0 aliphatic rings. The number of alkyl halides is 3. The van der Waals surface area contributed by atoms with E-state index in [1.165, 1.54) is 12.1 Å². The summed E-state index contributed by atoms with van der Waals surface area (Å²) in [6.45, 7) is 9.27. The summed E-state index contributed by atoms with van der Waals surface area (Å²) in [7, 11) is 0. The Morgan fingerprint density at radius 3 is 2.26 bits per heavy atom. The van der Waals surface area contributed by atoms with Gasteiger partial charge in [-0.2, -0.15) is 13.2 Å². The number of allylic oxidation sites excluding steroid dienone is 2. The molecule has 0 aromatic heterocycles. The molecule has 0 aliphatic heterocycles. The summed E-state index contributed by atoms with van der Waals surface area (Å²) < 4.78 is 39.6. The van der Waals surface area contributed by atoms with Crippen molar-refractivity contribution in [1.29, 1.82) is 0 Å². The predicted octanol–water partition coefficient (Wildman–Crippen LogP) is 6.14. The van der Waals surface area contributed by atoms with Crippen LogP contribution in [0.2, 0.25) is 0 Å². The van der Waals surface area contributed by atoms with E-state index in [1.54, 1.807) is 18.2 Å². The number of halogens is 3. The van der Waals surface area contributed by atoms with Crippen LogP contribution < -0.4 is 0 Å². The number of hydrogen-bond acceptors (Lipinski definition) is 0. The molecule has 0 atom stereocenters. The van der Waals surface area contributed by atoms with Crippen LogP contribution in [0.3, 0.4) is 0 Å². The van der Waals surface area contributed by atoms with Gasteiger partial charge in [0, 0.05) is 0 Å². The first-order valence-electron chi connectivity index (χ1n) is 7.38. The first-order valence-corrected chi connectivity index (χ1v) is 7.38. The minimum atomic E-state index is -4.37. The van der Waals surface area contributed by atoms with E-state index < -0.39 is 11.7 Å². The summed E-state index contributed by atoms with van der Waals surface area (Å²) >= 11 is 0. The highest BCUT2D eigenvalue weighted by atomic mass is 19.4. The highest BCUT2D eigenvalue weighted by molar-refractivity contribution is 5.70. The Kier molecular flexibility index (Phi) is 5.09. The van der Waals surface area contributed by atoms with Crippen LogP contribution >= 0.6 is 0 Å². The molecule has 0 N–H and O–H groups in total. The molecule has 0 unspecified atom stereocenters. The molecule has 23 heavy (non-hydrogen) atoms. The molecular formula is C20H19F3. The van der Waals surface area contributed by atoms with Crippen molar-refractivity contribution in [2.45, 2.75) is 25.9 Å². The normalized spacial score (nSPS) is 11.3. The van der Waals surface area contributed by atoms with Gasteiger partial charge in [-0.25, -0.2) is 0 Å². The van der Waals surface area contributed by atoms with E-state index in [-0.39, 0.29) is 0 Å². The summed E-state index contributed by atoms with van der Waals surface area (Å²) in [5.74, 6) is 0. The van der Waals surface area contributed by atoms with Gasteiger partial charge in [0.1, 0.15) is 0 Å². The minimum absolute atomic E-state index is 0.402. The van der Waals surface area contributed by atoms with Gasteiger partial charge in [0.05, 0.1) is 5.56 Å². The fourth-order valence-corrected chi connectivity index (χ4v) is 2.59. The highest BCUT2D eigenvalue weighted by Gasteiger charge is 2.31. The monoisotopic (exact) mass is 316 g/mol. The van der Waals surface area contributed by atoms with Gasteiger partial charge in [-0.05, 0) is 54.2 Å². The number of benzene rings is 2. The molecule has 0 saturated heterocycles. The van der Waals surface area contributed by atoms with Crippen LogP contribution in [-0.2, 0) is 19.0 Å². The molecule has 0 aliphatic carbocycles. The topological polar surface area (TPSA) is 0 Å². The lowest BCUT2D eigenvalue weighted by Crippen LogP contribution is -2.06. The quantitative estimate of drug-likeness (QED) is 0.581. The maximum absolute atomic E-state index is 13.2. The van der Waals surface area contributed by atoms with Crippen molar-refractivity contribution in [2.75, 3.05) is 0 Å². The molecule has 2 aromatic rings. The second-order valence-electron chi connectivity index (χ2n) is 5.56. The van der Waals surface area contributed by atoms with E-state index in [0.717, 1.165) is 16.7 Å². The van der Waals surface area contributed by atoms with E-state index in [0.29, 0.717) is 24.0 Å². The molecule has 2 aromatic carbocycles. The zero-order chi connectivity index (χ0) is 17.0. The Morgan fingerprint density at radius 1 is 0.957 bits per heavy atom. The lowest BCUT2D eigenvalue weighted by atomic mass is 9.92. The average Bonchev–Trinajstić information content (AvgIpc) is 2.48. The van der Waals surface area contributed by atoms with E-state index in [9.17, 15) is 13.2 Å². The number of aryl methyl sites for hydroxylation is 1. The van der Waals surface area contributed by atoms with Crippen molar-refractivity contribution in [1.82, 2.24) is 0 Å². The third-order valence-electron chi connectivity index (χ3n) is 3.64. The van der Waals surface area contributed by atoms with Crippen LogP contribution in [0.25, 0.3) is 11.1 Å². The van der Waals surface area contributed by atoms with Crippen molar-refractivity contribution in [3.8, 4) is 11.1 Å². The fourth-order valence-electron chi connectivity index (χ4n) is 2.59. The molecule has 0 bridgehead atoms. The van der Waals surface area contributed by atoms with Crippen LogP contribution in [0.1, 0.15) is 22.3 Å². The largest absolute Gasteiger partial charge is 0.416 e. The van der Waals surface area contributed by atoms with Crippen LogP contribution in [0.15, 0.2) is 61.7 Å². The lowest BCUT2D eigenvalue weighted by Gasteiger charge is -2.15. The van der Waals surface area contributed by atoms with Gasteiger partial charge in [-0.3, -0.25) is 0 Å². The van der Waals surface area contributed by atoms with Gasteiger partial charge in [-0.15, -0.1) is 13.2 Å². The molecule has 0 fully saturated rings. The SMILES string of the molecule is C=CCc1cc(-c2cc(C)ccc2CC=C)cc(C(F)(F)F)c1. The zero-order valence-electron chi connectivity index (χ0n) is 13.1. The van der Waals surface area contributed by atoms with Gasteiger partial charge in [0.25, 0.3) is 0 Å². The molecule has 3 heteroatoms. The molecular weight excluding hydrogens is 297 g/mol. The molecule has 2 rings (SSSR count). The third kappa shape index (κ3) is 4.13. The van der Waals surface area contributed by atoms with Gasteiger partial charge in [0.15, 0.2) is 0 Å². The Balaban J connectivity index is 2.67. The Hall–Kier alpha value is -2.29. The molecule has 0 spiro atoms. The molecule has 0 amide bonds. The van der Waals surface area contributed by atoms with E-state index in [4.69, 9.17) is 0 Å². The Bertz CT molecular complexity index is 724. The molecule has 0 saturated carbocycles. The molecule has 120 valence electrons. The van der Waals surface area contributed by atoms with Crippen LogP contribution in [0.5, 0.6) is 0 Å². The maximum atomic E-state index is 13.2. The van der Waals surface area contributed by atoms with Crippen molar-refractivity contribution >= 4 is 0 Å². The standard InChI is InChI=1S/C20H19F3/c1-4-6-15-11-17(13-18(12-15)20(21,22)23)19-10-14(3)8-9-16(19)7-5-2/h4-5,8-13H,1-2,6-7H2,3H3. The van der Waals surface area contributed by atoms with Crippen molar-refractivity contribution in [2.24, 2.45) is 0 Å². The summed E-state index contributed by atoms with van der Waals surface area (Å²) in [6.07, 6.45) is 0.0170. The van der Waals surface area contributed by atoms with Gasteiger partial charge in [-0.1, -0.05) is 42.0 Å². The first-order chi connectivity index (χ1) is 10.8. The van der Waals surface area contributed by atoms with Crippen molar-refractivity contribution in [3.05, 3.63) is 84.0 Å². The van der Waals surface area contributed by atoms with Gasteiger partial charge < -0.3 is 0 Å². The number of rotatable bonds is 5. The summed E-state index contributed by atoms with van der Waals surface area (Å²) in [4.78, 5) is 0. The van der Waals surface area contributed by atoms with Crippen LogP contribution in [-0.4, -0.2) is 0 Å². The molecule has 0 heterocycles. The Labute approximate surface area is 135 Å². The second kappa shape index (κ2) is 6.86. The minimum Gasteiger partial charge on any atom is -0.166 e. The highest BCUT2D eigenvalue weighted by Crippen LogP contribution is 2.35. The average molecular weight is 316 g/mol. The maximum Gasteiger partial charge on any atom is 0.416 e. The van der Waals surface area contributed by atoms with Gasteiger partial charge in [0.2, 0.25) is 0 Å². The van der Waals surface area contributed by atoms with Crippen molar-refractivity contribution in [3.63, 3.8) is 0 Å². The summed E-state index contributed by atoms with van der Waals surface area (Å²) in [5.41, 5.74) is 3.36. The predicted molar refractivity (Wildman–Crippen MR) is 89.4 cm³/mol. The van der Waals surface area contributed by atoms with Gasteiger partial charge >= 0.3 is 6.18 Å². The lowest BCUT2D eigenvalue weighted by molar-refractivity contribution is -0.137. The second-order valence-corrected chi connectivity index (χ2v) is 5.56. The van der Waals surface area contributed by atoms with E-state index in [1.807, 2.05) is 25.1 Å². The van der Waals surface area contributed by atoms with E-state index >= 15 is 0 Å². The third-order valence-corrected chi connectivity index (χ3v) is 3.64. The van der Waals surface area contributed by atoms with Crippen molar-refractivity contribution < 1.29 is 13.2 Å². The van der Waals surface area contributed by atoms with E-state index in [2.05, 4.69) is 13.2 Å². The summed E-state index contributed by atoms with van der Waals surface area (Å²) in [5, 5.41) is 0. The summed E-state index contributed by atoms with van der Waals surface area (Å²) in [6, 6.07) is 10.0. The molecule has 0 radical (unpaired) electrons. The fraction of sp³-hybridized carbons (Fsp3) is 0.200. The smallest absolute Gasteiger partial charge is 0.166 e. The van der Waals surface area contributed by atoms with Crippen LogP contribution in [0, 0.1) is 6.92 Å². The first kappa shape index (κ1) is 17.1. The number of hydrogen-bond donors (Lipinski definition) is 0. The molecule has 0 nitrogen and oxygen atoms in total. The van der Waals surface area contributed by atoms with Crippen LogP contribution in [0.4, 0.5) is 13.2 Å².